The van der Waals surface area contributed by atoms with E-state index in [1.165, 1.54) is 11.3 Å². The molecule has 0 bridgehead atoms. The Kier molecular flexibility index (Phi) is 2.66. The SMILES string of the molecule is O=C(Nc1ncc[nH]1)c1cc(-c2cccs2)on1. The van der Waals surface area contributed by atoms with Gasteiger partial charge in [-0.05, 0) is 11.4 Å². The van der Waals surface area contributed by atoms with Crippen LogP contribution in [0.15, 0.2) is 40.5 Å². The molecule has 0 aliphatic rings. The van der Waals surface area contributed by atoms with Gasteiger partial charge in [0.05, 0.1) is 4.88 Å². The Hall–Kier alpha value is -2.41. The first kappa shape index (κ1) is 10.7. The highest BCUT2D eigenvalue weighted by Crippen LogP contribution is 2.25. The van der Waals surface area contributed by atoms with E-state index in [2.05, 4.69) is 20.4 Å². The van der Waals surface area contributed by atoms with Crippen LogP contribution in [0.3, 0.4) is 0 Å². The molecule has 0 spiro atoms. The van der Waals surface area contributed by atoms with Gasteiger partial charge < -0.3 is 9.51 Å². The maximum Gasteiger partial charge on any atom is 0.280 e. The molecule has 0 aromatic carbocycles. The molecule has 3 rings (SSSR count). The van der Waals surface area contributed by atoms with Crippen LogP contribution in [0, 0.1) is 0 Å². The van der Waals surface area contributed by atoms with Crippen LogP contribution in [0.5, 0.6) is 0 Å². The third kappa shape index (κ3) is 2.03. The first-order valence-electron chi connectivity index (χ1n) is 5.14. The van der Waals surface area contributed by atoms with Gasteiger partial charge in [0, 0.05) is 18.5 Å². The molecule has 6 nitrogen and oxygen atoms in total. The maximum absolute atomic E-state index is 11.8. The van der Waals surface area contributed by atoms with Crippen molar-refractivity contribution in [2.24, 2.45) is 0 Å². The minimum absolute atomic E-state index is 0.217. The molecule has 0 fully saturated rings. The molecule has 0 unspecified atom stereocenters. The van der Waals surface area contributed by atoms with Crippen molar-refractivity contribution in [1.29, 1.82) is 0 Å². The van der Waals surface area contributed by atoms with E-state index in [1.54, 1.807) is 18.5 Å². The van der Waals surface area contributed by atoms with Gasteiger partial charge in [0.1, 0.15) is 0 Å². The van der Waals surface area contributed by atoms with Crippen LogP contribution in [0.4, 0.5) is 5.95 Å². The lowest BCUT2D eigenvalue weighted by molar-refractivity contribution is 0.101. The van der Waals surface area contributed by atoms with Gasteiger partial charge in [0.2, 0.25) is 5.95 Å². The van der Waals surface area contributed by atoms with E-state index in [0.717, 1.165) is 4.88 Å². The van der Waals surface area contributed by atoms with Crippen molar-refractivity contribution in [3.63, 3.8) is 0 Å². The number of carbonyl (C=O) groups is 1. The summed E-state index contributed by atoms with van der Waals surface area (Å²) in [6, 6.07) is 5.41. The van der Waals surface area contributed by atoms with E-state index in [4.69, 9.17) is 4.52 Å². The second-order valence-corrected chi connectivity index (χ2v) is 4.39. The van der Waals surface area contributed by atoms with E-state index in [-0.39, 0.29) is 11.6 Å². The standard InChI is InChI=1S/C11H8N4O2S/c16-10(14-11-12-3-4-13-11)7-6-8(17-15-7)9-2-1-5-18-9/h1-6H,(H2,12,13,14,16). The molecular weight excluding hydrogens is 252 g/mol. The number of thiophene rings is 1. The van der Waals surface area contributed by atoms with Gasteiger partial charge in [0.15, 0.2) is 11.5 Å². The quantitative estimate of drug-likeness (QED) is 0.757. The number of H-pyrrole nitrogens is 1. The van der Waals surface area contributed by atoms with Crippen molar-refractivity contribution in [2.45, 2.75) is 0 Å². The molecule has 18 heavy (non-hydrogen) atoms. The Bertz CT molecular complexity index is 642. The molecule has 2 N–H and O–H groups in total. The zero-order chi connectivity index (χ0) is 12.4. The van der Waals surface area contributed by atoms with Gasteiger partial charge in [-0.15, -0.1) is 11.3 Å². The molecule has 0 aliphatic carbocycles. The first-order chi connectivity index (χ1) is 8.83. The summed E-state index contributed by atoms with van der Waals surface area (Å²) < 4.78 is 5.12. The lowest BCUT2D eigenvalue weighted by Crippen LogP contribution is -2.13. The van der Waals surface area contributed by atoms with Gasteiger partial charge in [0.25, 0.3) is 5.91 Å². The van der Waals surface area contributed by atoms with Gasteiger partial charge in [-0.1, -0.05) is 11.2 Å². The average molecular weight is 260 g/mol. The van der Waals surface area contributed by atoms with E-state index in [9.17, 15) is 4.79 Å². The molecule has 3 heterocycles. The molecular formula is C11H8N4O2S. The van der Waals surface area contributed by atoms with Crippen molar-refractivity contribution >= 4 is 23.2 Å². The van der Waals surface area contributed by atoms with E-state index in [0.29, 0.717) is 11.7 Å². The summed E-state index contributed by atoms with van der Waals surface area (Å²) in [5.74, 6) is 0.590. The number of rotatable bonds is 3. The monoisotopic (exact) mass is 260 g/mol. The number of amides is 1. The smallest absolute Gasteiger partial charge is 0.280 e. The molecule has 0 aliphatic heterocycles. The molecule has 3 aromatic rings. The van der Waals surface area contributed by atoms with Crippen LogP contribution in [0.1, 0.15) is 10.5 Å². The Morgan fingerprint density at radius 3 is 3.17 bits per heavy atom. The minimum atomic E-state index is -0.364. The fourth-order valence-electron chi connectivity index (χ4n) is 1.42. The van der Waals surface area contributed by atoms with E-state index in [1.807, 2.05) is 17.5 Å². The fourth-order valence-corrected chi connectivity index (χ4v) is 2.10. The number of nitrogens with one attached hydrogen (secondary N) is 2. The van der Waals surface area contributed by atoms with Gasteiger partial charge >= 0.3 is 0 Å². The second-order valence-electron chi connectivity index (χ2n) is 3.45. The van der Waals surface area contributed by atoms with Gasteiger partial charge in [-0.25, -0.2) is 4.98 Å². The highest BCUT2D eigenvalue weighted by atomic mass is 32.1. The lowest BCUT2D eigenvalue weighted by Gasteiger charge is -1.95. The Morgan fingerprint density at radius 1 is 1.50 bits per heavy atom. The van der Waals surface area contributed by atoms with Crippen LogP contribution in [0.25, 0.3) is 10.6 Å². The maximum atomic E-state index is 11.8. The number of hydrogen-bond donors (Lipinski definition) is 2. The summed E-state index contributed by atoms with van der Waals surface area (Å²) in [6.07, 6.45) is 3.17. The third-order valence-corrected chi connectivity index (χ3v) is 3.12. The van der Waals surface area contributed by atoms with Crippen molar-refractivity contribution < 1.29 is 9.32 Å². The number of nitrogens with zero attached hydrogens (tertiary/aromatic N) is 2. The predicted molar refractivity (Wildman–Crippen MR) is 66.4 cm³/mol. The number of carbonyl (C=O) groups excluding carboxylic acids is 1. The summed E-state index contributed by atoms with van der Waals surface area (Å²) in [7, 11) is 0. The van der Waals surface area contributed by atoms with Crippen LogP contribution in [-0.2, 0) is 0 Å². The highest BCUT2D eigenvalue weighted by molar-refractivity contribution is 7.13. The van der Waals surface area contributed by atoms with E-state index < -0.39 is 0 Å². The summed E-state index contributed by atoms with van der Waals surface area (Å²) >= 11 is 1.52. The van der Waals surface area contributed by atoms with Crippen molar-refractivity contribution in [3.8, 4) is 10.6 Å². The van der Waals surface area contributed by atoms with Gasteiger partial charge in [-0.2, -0.15) is 0 Å². The summed E-state index contributed by atoms with van der Waals surface area (Å²) in [5.41, 5.74) is 0.217. The molecule has 0 atom stereocenters. The highest BCUT2D eigenvalue weighted by Gasteiger charge is 2.14. The van der Waals surface area contributed by atoms with Crippen LogP contribution >= 0.6 is 11.3 Å². The van der Waals surface area contributed by atoms with E-state index >= 15 is 0 Å². The number of aromatic nitrogens is 3. The third-order valence-electron chi connectivity index (χ3n) is 2.24. The zero-order valence-corrected chi connectivity index (χ0v) is 9.90. The number of aromatic amines is 1. The molecule has 1 amide bonds. The topological polar surface area (TPSA) is 83.8 Å². The van der Waals surface area contributed by atoms with Crippen molar-refractivity contribution in [3.05, 3.63) is 41.7 Å². The van der Waals surface area contributed by atoms with Crippen LogP contribution in [-0.4, -0.2) is 21.0 Å². The molecule has 0 radical (unpaired) electrons. The minimum Gasteiger partial charge on any atom is -0.355 e. The number of hydrogen-bond acceptors (Lipinski definition) is 5. The largest absolute Gasteiger partial charge is 0.355 e. The average Bonchev–Trinajstić information content (AvgIpc) is 3.11. The predicted octanol–water partition coefficient (Wildman–Crippen LogP) is 2.38. The van der Waals surface area contributed by atoms with Crippen LogP contribution in [0.2, 0.25) is 0 Å². The number of imidazole rings is 1. The molecule has 3 aromatic heterocycles. The normalized spacial score (nSPS) is 10.4. The van der Waals surface area contributed by atoms with Gasteiger partial charge in [-0.3, -0.25) is 10.1 Å². The summed E-state index contributed by atoms with van der Waals surface area (Å²) in [6.45, 7) is 0. The molecule has 90 valence electrons. The first-order valence-corrected chi connectivity index (χ1v) is 6.02. The Morgan fingerprint density at radius 2 is 2.44 bits per heavy atom. The number of anilines is 1. The molecule has 7 heteroatoms. The molecule has 0 saturated carbocycles. The lowest BCUT2D eigenvalue weighted by atomic mass is 10.3. The van der Waals surface area contributed by atoms with Crippen molar-refractivity contribution in [1.82, 2.24) is 15.1 Å². The second kappa shape index (κ2) is 4.46. The summed E-state index contributed by atoms with van der Waals surface area (Å²) in [4.78, 5) is 19.4. The molecule has 0 saturated heterocycles. The summed E-state index contributed by atoms with van der Waals surface area (Å²) in [5, 5.41) is 8.23. The Labute approximate surface area is 106 Å². The zero-order valence-electron chi connectivity index (χ0n) is 9.08. The fraction of sp³-hybridized carbons (Fsp3) is 0. The Balaban J connectivity index is 1.79. The van der Waals surface area contributed by atoms with Crippen LogP contribution < -0.4 is 5.32 Å². The van der Waals surface area contributed by atoms with Crippen molar-refractivity contribution in [2.75, 3.05) is 5.32 Å².